The molecule has 1 N–H and O–H groups in total. The number of para-hydroxylation sites is 2. The molecule has 4 aromatic heterocycles. The Bertz CT molecular complexity index is 1820. The smallest absolute Gasteiger partial charge is 0.116 e. The average molecular weight is 521 g/mol. The number of benzene rings is 2. The van der Waals surface area contributed by atoms with Crippen LogP contribution in [0.1, 0.15) is 0 Å². The van der Waals surface area contributed by atoms with Crippen molar-refractivity contribution in [3.63, 3.8) is 0 Å². The number of dihydropyridines is 1. The van der Waals surface area contributed by atoms with E-state index in [0.29, 0.717) is 6.54 Å². The van der Waals surface area contributed by atoms with Gasteiger partial charge >= 0.3 is 0 Å². The molecule has 8 nitrogen and oxygen atoms in total. The van der Waals surface area contributed by atoms with Crippen molar-refractivity contribution in [1.82, 2.24) is 30.2 Å². The van der Waals surface area contributed by atoms with Gasteiger partial charge in [-0.2, -0.15) is 0 Å². The number of rotatable bonds is 6. The number of nitrogens with one attached hydrogen (secondary N) is 1. The first-order chi connectivity index (χ1) is 19.9. The van der Waals surface area contributed by atoms with Gasteiger partial charge in [-0.15, -0.1) is 0 Å². The van der Waals surface area contributed by atoms with Crippen LogP contribution in [0.5, 0.6) is 0 Å². The average Bonchev–Trinajstić information content (AvgIpc) is 3.03. The summed E-state index contributed by atoms with van der Waals surface area (Å²) in [6, 6.07) is 24.1. The third-order valence-electron chi connectivity index (χ3n) is 6.72. The minimum absolute atomic E-state index is 0.660. The molecule has 1 aliphatic heterocycles. The monoisotopic (exact) mass is 520 g/mol. The second-order valence-corrected chi connectivity index (χ2v) is 9.22. The Balaban J connectivity index is 1.54. The van der Waals surface area contributed by atoms with Crippen LogP contribution >= 0.6 is 0 Å². The van der Waals surface area contributed by atoms with Crippen LogP contribution in [-0.2, 0) is 0 Å². The molecule has 0 fully saturated rings. The molecule has 2 aromatic carbocycles. The van der Waals surface area contributed by atoms with Crippen LogP contribution in [0.15, 0.2) is 134 Å². The Kier molecular flexibility index (Phi) is 6.03. The van der Waals surface area contributed by atoms with Crippen LogP contribution in [0.2, 0.25) is 0 Å². The zero-order valence-corrected chi connectivity index (χ0v) is 21.5. The van der Waals surface area contributed by atoms with E-state index in [4.69, 9.17) is 9.97 Å². The van der Waals surface area contributed by atoms with Gasteiger partial charge in [-0.25, -0.2) is 9.97 Å². The van der Waals surface area contributed by atoms with E-state index in [1.54, 1.807) is 18.6 Å². The van der Waals surface area contributed by atoms with Gasteiger partial charge in [-0.3, -0.25) is 15.0 Å². The van der Waals surface area contributed by atoms with Gasteiger partial charge < -0.3 is 15.1 Å². The largest absolute Gasteiger partial charge is 0.385 e. The minimum atomic E-state index is 0.660. The molecular weight excluding hydrogens is 496 g/mol. The number of fused-ring (bicyclic) bond motifs is 2. The van der Waals surface area contributed by atoms with Crippen molar-refractivity contribution in [2.75, 3.05) is 16.3 Å². The molecular formula is C32H24N8. The number of hydrogen-bond acceptors (Lipinski definition) is 8. The van der Waals surface area contributed by atoms with E-state index in [-0.39, 0.29) is 0 Å². The molecule has 40 heavy (non-hydrogen) atoms. The van der Waals surface area contributed by atoms with Crippen molar-refractivity contribution in [1.29, 1.82) is 0 Å². The molecule has 6 aromatic rings. The summed E-state index contributed by atoms with van der Waals surface area (Å²) in [5.41, 5.74) is 8.75. The van der Waals surface area contributed by atoms with E-state index in [1.165, 1.54) is 0 Å². The van der Waals surface area contributed by atoms with E-state index in [1.807, 2.05) is 85.5 Å². The molecule has 0 unspecified atom stereocenters. The highest BCUT2D eigenvalue weighted by Gasteiger charge is 2.24. The fraction of sp³-hybridized carbons (Fsp3) is 0.0312. The highest BCUT2D eigenvalue weighted by Crippen LogP contribution is 2.42. The third kappa shape index (κ3) is 4.27. The maximum atomic E-state index is 5.20. The minimum Gasteiger partial charge on any atom is -0.385 e. The zero-order valence-electron chi connectivity index (χ0n) is 21.5. The summed E-state index contributed by atoms with van der Waals surface area (Å²) in [5, 5.41) is 3.34. The SMILES string of the molecule is C1=CNCC(N(c2cccnc2)c2ccc(N(c3cccnc3)c3cccnc3)c3nc4ccccc4nc23)=C1. The highest BCUT2D eigenvalue weighted by atomic mass is 15.2. The van der Waals surface area contributed by atoms with Crippen molar-refractivity contribution in [3.05, 3.63) is 134 Å². The summed E-state index contributed by atoms with van der Waals surface area (Å²) in [7, 11) is 0. The number of nitrogens with zero attached hydrogens (tertiary/aromatic N) is 7. The van der Waals surface area contributed by atoms with Gasteiger partial charge in [-0.1, -0.05) is 12.1 Å². The van der Waals surface area contributed by atoms with Gasteiger partial charge in [0.15, 0.2) is 0 Å². The van der Waals surface area contributed by atoms with Crippen molar-refractivity contribution >= 4 is 50.5 Å². The summed E-state index contributed by atoms with van der Waals surface area (Å²) in [5.74, 6) is 0. The lowest BCUT2D eigenvalue weighted by atomic mass is 10.1. The van der Waals surface area contributed by atoms with Crippen molar-refractivity contribution in [3.8, 4) is 0 Å². The maximum absolute atomic E-state index is 5.20. The molecule has 1 aliphatic rings. The van der Waals surface area contributed by atoms with Crippen molar-refractivity contribution in [2.24, 2.45) is 0 Å². The van der Waals surface area contributed by atoms with Gasteiger partial charge in [0.1, 0.15) is 11.0 Å². The molecule has 192 valence electrons. The predicted octanol–water partition coefficient (Wildman–Crippen LogP) is 6.58. The van der Waals surface area contributed by atoms with Crippen LogP contribution in [-0.4, -0.2) is 31.5 Å². The van der Waals surface area contributed by atoms with Crippen LogP contribution in [0.3, 0.4) is 0 Å². The lowest BCUT2D eigenvalue weighted by Gasteiger charge is -2.31. The number of pyridine rings is 3. The number of allylic oxidation sites excluding steroid dienone is 2. The summed E-state index contributed by atoms with van der Waals surface area (Å²) in [4.78, 5) is 27.9. The maximum Gasteiger partial charge on any atom is 0.116 e. The molecule has 0 bridgehead atoms. The summed E-state index contributed by atoms with van der Waals surface area (Å²) < 4.78 is 0. The molecule has 0 saturated carbocycles. The molecule has 0 radical (unpaired) electrons. The van der Waals surface area contributed by atoms with E-state index in [0.717, 1.165) is 56.2 Å². The predicted molar refractivity (Wildman–Crippen MR) is 159 cm³/mol. The van der Waals surface area contributed by atoms with E-state index in [9.17, 15) is 0 Å². The summed E-state index contributed by atoms with van der Waals surface area (Å²) >= 11 is 0. The topological polar surface area (TPSA) is 83.0 Å². The number of aromatic nitrogens is 5. The molecule has 0 spiro atoms. The van der Waals surface area contributed by atoms with E-state index >= 15 is 0 Å². The van der Waals surface area contributed by atoms with Gasteiger partial charge in [0, 0.05) is 24.3 Å². The van der Waals surface area contributed by atoms with Gasteiger partial charge in [0.2, 0.25) is 0 Å². The Morgan fingerprint density at radius 1 is 0.575 bits per heavy atom. The molecule has 5 heterocycles. The Morgan fingerprint density at radius 3 is 1.57 bits per heavy atom. The Hall–Kier alpha value is -5.63. The van der Waals surface area contributed by atoms with Crippen LogP contribution in [0, 0.1) is 0 Å². The lowest BCUT2D eigenvalue weighted by Crippen LogP contribution is -2.26. The first-order valence-electron chi connectivity index (χ1n) is 13.0. The summed E-state index contributed by atoms with van der Waals surface area (Å²) in [6.45, 7) is 0.660. The van der Waals surface area contributed by atoms with Gasteiger partial charge in [-0.05, 0) is 79.0 Å². The molecule has 0 saturated heterocycles. The Labute approximate surface area is 231 Å². The van der Waals surface area contributed by atoms with Gasteiger partial charge in [0.05, 0.1) is 64.6 Å². The summed E-state index contributed by atoms with van der Waals surface area (Å²) in [6.07, 6.45) is 16.9. The van der Waals surface area contributed by atoms with Crippen LogP contribution < -0.4 is 15.1 Å². The second kappa shape index (κ2) is 10.3. The normalized spacial score (nSPS) is 12.7. The standard InChI is InChI=1S/C32H24N8/c1-2-12-28-27(11-1)37-31-29(39(23-7-3-15-33-19-23)24-8-4-16-34-20-24)13-14-30(32(31)38-28)40(25-9-5-17-35-21-25)26-10-6-18-36-22-26/h1-21,36H,22H2. The Morgan fingerprint density at radius 2 is 1.10 bits per heavy atom. The first kappa shape index (κ1) is 23.5. The first-order valence-corrected chi connectivity index (χ1v) is 13.0. The van der Waals surface area contributed by atoms with Crippen LogP contribution in [0.25, 0.3) is 22.1 Å². The quantitative estimate of drug-likeness (QED) is 0.247. The van der Waals surface area contributed by atoms with Crippen molar-refractivity contribution in [2.45, 2.75) is 0 Å². The molecule has 0 aliphatic carbocycles. The molecule has 8 heteroatoms. The van der Waals surface area contributed by atoms with E-state index < -0.39 is 0 Å². The van der Waals surface area contributed by atoms with Gasteiger partial charge in [0.25, 0.3) is 0 Å². The molecule has 0 atom stereocenters. The highest BCUT2D eigenvalue weighted by molar-refractivity contribution is 6.05. The second-order valence-electron chi connectivity index (χ2n) is 9.22. The van der Waals surface area contributed by atoms with Crippen LogP contribution in [0.4, 0.5) is 28.4 Å². The lowest BCUT2D eigenvalue weighted by molar-refractivity contribution is 0.889. The molecule has 0 amide bonds. The number of hydrogen-bond donors (Lipinski definition) is 1. The zero-order chi connectivity index (χ0) is 26.7. The molecule has 7 rings (SSSR count). The fourth-order valence-electron chi connectivity index (χ4n) is 4.98. The number of anilines is 5. The third-order valence-corrected chi connectivity index (χ3v) is 6.72. The van der Waals surface area contributed by atoms with E-state index in [2.05, 4.69) is 54.3 Å². The fourth-order valence-corrected chi connectivity index (χ4v) is 4.98. The van der Waals surface area contributed by atoms with Crippen molar-refractivity contribution < 1.29 is 0 Å².